The lowest BCUT2D eigenvalue weighted by Crippen LogP contribution is -2.24. The van der Waals surface area contributed by atoms with Crippen molar-refractivity contribution in [2.75, 3.05) is 6.54 Å². The van der Waals surface area contributed by atoms with E-state index >= 15 is 0 Å². The Morgan fingerprint density at radius 1 is 1.29 bits per heavy atom. The highest BCUT2D eigenvalue weighted by Gasteiger charge is 2.16. The summed E-state index contributed by atoms with van der Waals surface area (Å²) in [5.41, 5.74) is 3.24. The maximum Gasteiger partial charge on any atom is 0.115 e. The number of hydrogen-bond donors (Lipinski definition) is 1. The van der Waals surface area contributed by atoms with Crippen molar-refractivity contribution < 1.29 is 0 Å². The molecule has 0 saturated carbocycles. The summed E-state index contributed by atoms with van der Waals surface area (Å²) in [6.45, 7) is 5.01. The van der Waals surface area contributed by atoms with Crippen LogP contribution in [0.5, 0.6) is 0 Å². The van der Waals surface area contributed by atoms with E-state index in [1.54, 1.807) is 0 Å². The largest absolute Gasteiger partial charge is 0.305 e. The first kappa shape index (κ1) is 11.7. The van der Waals surface area contributed by atoms with Crippen molar-refractivity contribution in [1.29, 1.82) is 0 Å². The van der Waals surface area contributed by atoms with Crippen molar-refractivity contribution in [3.63, 3.8) is 0 Å². The summed E-state index contributed by atoms with van der Waals surface area (Å²) in [6.07, 6.45) is 7.01. The molecule has 0 amide bonds. The summed E-state index contributed by atoms with van der Waals surface area (Å²) in [4.78, 5) is 12.6. The van der Waals surface area contributed by atoms with Gasteiger partial charge in [0.25, 0.3) is 0 Å². The van der Waals surface area contributed by atoms with Crippen LogP contribution in [0.3, 0.4) is 0 Å². The van der Waals surface area contributed by atoms with E-state index in [9.17, 15) is 0 Å². The first-order valence-electron chi connectivity index (χ1n) is 5.72. The molecule has 1 unspecified atom stereocenters. The number of rotatable bonds is 4. The maximum absolute atomic E-state index is 4.46. The van der Waals surface area contributed by atoms with Crippen LogP contribution in [0.1, 0.15) is 29.8 Å². The lowest BCUT2D eigenvalue weighted by atomic mass is 10.0. The zero-order chi connectivity index (χ0) is 12.1. The van der Waals surface area contributed by atoms with Crippen molar-refractivity contribution in [3.05, 3.63) is 53.9 Å². The fraction of sp³-hybridized carbons (Fsp3) is 0.308. The Labute approximate surface area is 101 Å². The van der Waals surface area contributed by atoms with Crippen LogP contribution in [0.4, 0.5) is 0 Å². The van der Waals surface area contributed by atoms with Crippen LogP contribution >= 0.6 is 0 Å². The third kappa shape index (κ3) is 2.65. The van der Waals surface area contributed by atoms with Crippen LogP contribution in [-0.2, 0) is 0 Å². The lowest BCUT2D eigenvalue weighted by Gasteiger charge is -2.18. The summed E-state index contributed by atoms with van der Waals surface area (Å²) in [6, 6.07) is 4.07. The fourth-order valence-electron chi connectivity index (χ4n) is 1.84. The molecule has 88 valence electrons. The molecule has 4 nitrogen and oxygen atoms in total. The molecule has 0 bridgehead atoms. The van der Waals surface area contributed by atoms with Gasteiger partial charge in [-0.3, -0.25) is 4.98 Å². The number of pyridine rings is 1. The molecule has 0 aliphatic carbocycles. The van der Waals surface area contributed by atoms with Gasteiger partial charge in [-0.1, -0.05) is 13.0 Å². The Balaban J connectivity index is 2.39. The number of aromatic nitrogens is 3. The van der Waals surface area contributed by atoms with E-state index in [-0.39, 0.29) is 6.04 Å². The standard InChI is InChI=1S/C13H16N4/c1-3-16-13(11-7-14-9-15-8-11)12-10(2)5-4-6-17-12/h4-9,13,16H,3H2,1-2H3. The minimum atomic E-state index is 0.0578. The molecule has 2 aromatic rings. The monoisotopic (exact) mass is 228 g/mol. The first-order chi connectivity index (χ1) is 8.33. The summed E-state index contributed by atoms with van der Waals surface area (Å²) >= 11 is 0. The molecular weight excluding hydrogens is 212 g/mol. The van der Waals surface area contributed by atoms with Gasteiger partial charge in [0.2, 0.25) is 0 Å². The van der Waals surface area contributed by atoms with Gasteiger partial charge in [-0.05, 0) is 25.1 Å². The van der Waals surface area contributed by atoms with E-state index in [0.717, 1.165) is 17.8 Å². The predicted molar refractivity (Wildman–Crippen MR) is 66.5 cm³/mol. The van der Waals surface area contributed by atoms with Gasteiger partial charge >= 0.3 is 0 Å². The molecule has 1 N–H and O–H groups in total. The second-order valence-electron chi connectivity index (χ2n) is 3.87. The van der Waals surface area contributed by atoms with E-state index in [0.29, 0.717) is 0 Å². The molecule has 4 heteroatoms. The van der Waals surface area contributed by atoms with E-state index in [1.807, 2.05) is 24.7 Å². The highest BCUT2D eigenvalue weighted by Crippen LogP contribution is 2.21. The number of aryl methyl sites for hydroxylation is 1. The molecule has 0 saturated heterocycles. The number of hydrogen-bond acceptors (Lipinski definition) is 4. The lowest BCUT2D eigenvalue weighted by molar-refractivity contribution is 0.607. The van der Waals surface area contributed by atoms with Crippen molar-refractivity contribution in [3.8, 4) is 0 Å². The van der Waals surface area contributed by atoms with E-state index < -0.39 is 0 Å². The molecule has 0 aliphatic rings. The van der Waals surface area contributed by atoms with Gasteiger partial charge in [-0.2, -0.15) is 0 Å². The van der Waals surface area contributed by atoms with Crippen molar-refractivity contribution in [2.24, 2.45) is 0 Å². The first-order valence-corrected chi connectivity index (χ1v) is 5.72. The Morgan fingerprint density at radius 2 is 2.06 bits per heavy atom. The average molecular weight is 228 g/mol. The van der Waals surface area contributed by atoms with Gasteiger partial charge in [-0.15, -0.1) is 0 Å². The van der Waals surface area contributed by atoms with Gasteiger partial charge < -0.3 is 5.32 Å². The van der Waals surface area contributed by atoms with Crippen molar-refractivity contribution in [1.82, 2.24) is 20.3 Å². The highest BCUT2D eigenvalue weighted by atomic mass is 14.9. The average Bonchev–Trinajstić information content (AvgIpc) is 2.38. The summed E-state index contributed by atoms with van der Waals surface area (Å²) in [5, 5.41) is 3.41. The Hall–Kier alpha value is -1.81. The maximum atomic E-state index is 4.46. The quantitative estimate of drug-likeness (QED) is 0.868. The smallest absolute Gasteiger partial charge is 0.115 e. The van der Waals surface area contributed by atoms with Crippen LogP contribution in [-0.4, -0.2) is 21.5 Å². The third-order valence-electron chi connectivity index (χ3n) is 2.65. The molecule has 0 aromatic carbocycles. The molecule has 0 fully saturated rings. The van der Waals surface area contributed by atoms with E-state index in [4.69, 9.17) is 0 Å². The topological polar surface area (TPSA) is 50.7 Å². The van der Waals surface area contributed by atoms with E-state index in [2.05, 4.69) is 40.2 Å². The molecule has 0 spiro atoms. The zero-order valence-corrected chi connectivity index (χ0v) is 10.1. The number of nitrogens with zero attached hydrogens (tertiary/aromatic N) is 3. The highest BCUT2D eigenvalue weighted by molar-refractivity contribution is 5.29. The normalized spacial score (nSPS) is 12.4. The van der Waals surface area contributed by atoms with E-state index in [1.165, 1.54) is 11.9 Å². The Kier molecular flexibility index (Phi) is 3.77. The summed E-state index contributed by atoms with van der Waals surface area (Å²) < 4.78 is 0. The van der Waals surface area contributed by atoms with Crippen molar-refractivity contribution >= 4 is 0 Å². The summed E-state index contributed by atoms with van der Waals surface area (Å²) in [7, 11) is 0. The minimum Gasteiger partial charge on any atom is -0.305 e. The molecule has 17 heavy (non-hydrogen) atoms. The van der Waals surface area contributed by atoms with Crippen LogP contribution < -0.4 is 5.32 Å². The van der Waals surface area contributed by atoms with Gasteiger partial charge in [0.1, 0.15) is 6.33 Å². The van der Waals surface area contributed by atoms with Crippen LogP contribution in [0.15, 0.2) is 37.1 Å². The predicted octanol–water partition coefficient (Wildman–Crippen LogP) is 1.88. The second-order valence-corrected chi connectivity index (χ2v) is 3.87. The Morgan fingerprint density at radius 3 is 2.71 bits per heavy atom. The molecule has 2 aromatic heterocycles. The zero-order valence-electron chi connectivity index (χ0n) is 10.1. The number of nitrogens with one attached hydrogen (secondary N) is 1. The second kappa shape index (κ2) is 5.50. The molecule has 2 heterocycles. The van der Waals surface area contributed by atoms with Gasteiger partial charge in [-0.25, -0.2) is 9.97 Å². The van der Waals surface area contributed by atoms with Crippen LogP contribution in [0.25, 0.3) is 0 Å². The minimum absolute atomic E-state index is 0.0578. The molecule has 0 aliphatic heterocycles. The van der Waals surface area contributed by atoms with Gasteiger partial charge in [0.15, 0.2) is 0 Å². The van der Waals surface area contributed by atoms with Gasteiger partial charge in [0.05, 0.1) is 11.7 Å². The third-order valence-corrected chi connectivity index (χ3v) is 2.65. The Bertz CT molecular complexity index is 470. The SMILES string of the molecule is CCNC(c1cncnc1)c1ncccc1C. The molecule has 2 rings (SSSR count). The fourth-order valence-corrected chi connectivity index (χ4v) is 1.84. The molecule has 1 atom stereocenters. The van der Waals surface area contributed by atoms with Crippen LogP contribution in [0.2, 0.25) is 0 Å². The van der Waals surface area contributed by atoms with Crippen LogP contribution in [0, 0.1) is 6.92 Å². The van der Waals surface area contributed by atoms with Gasteiger partial charge in [0, 0.05) is 24.2 Å². The summed E-state index contributed by atoms with van der Waals surface area (Å²) in [5.74, 6) is 0. The molecular formula is C13H16N4. The van der Waals surface area contributed by atoms with Crippen molar-refractivity contribution in [2.45, 2.75) is 19.9 Å². The molecule has 0 radical (unpaired) electrons.